The van der Waals surface area contributed by atoms with Crippen LogP contribution in [0, 0.1) is 5.41 Å². The second kappa shape index (κ2) is 5.95. The maximum atomic E-state index is 12.2. The number of halogens is 3. The number of alkyl halides is 3. The molecule has 0 radical (unpaired) electrons. The first-order valence-electron chi connectivity index (χ1n) is 4.96. The van der Waals surface area contributed by atoms with Crippen molar-refractivity contribution in [2.45, 2.75) is 38.9 Å². The van der Waals surface area contributed by atoms with Crippen LogP contribution in [0.25, 0.3) is 0 Å². The number of nitrogens with zero attached hydrogens (tertiary/aromatic N) is 1. The minimum atomic E-state index is -4.24. The number of nitrogens with two attached hydrogens (primary N) is 1. The van der Waals surface area contributed by atoms with Crippen molar-refractivity contribution < 1.29 is 13.2 Å². The van der Waals surface area contributed by atoms with Crippen LogP contribution in [-0.4, -0.2) is 36.0 Å². The van der Waals surface area contributed by atoms with Crippen LogP contribution in [0.15, 0.2) is 0 Å². The highest BCUT2D eigenvalue weighted by Gasteiger charge is 2.33. The van der Waals surface area contributed by atoms with Gasteiger partial charge in [0.25, 0.3) is 0 Å². The Bertz CT molecular complexity index is 203. The van der Waals surface area contributed by atoms with Crippen LogP contribution in [0.1, 0.15) is 26.7 Å². The van der Waals surface area contributed by atoms with Gasteiger partial charge in [-0.3, -0.25) is 10.3 Å². The summed E-state index contributed by atoms with van der Waals surface area (Å²) in [5.74, 6) is -0.199. The van der Waals surface area contributed by atoms with Crippen LogP contribution in [0.5, 0.6) is 0 Å². The number of hydrogen-bond donors (Lipinski definition) is 2. The molecule has 1 unspecified atom stereocenters. The van der Waals surface area contributed by atoms with Gasteiger partial charge in [0.15, 0.2) is 0 Å². The van der Waals surface area contributed by atoms with E-state index in [0.29, 0.717) is 19.4 Å². The third-order valence-electron chi connectivity index (χ3n) is 2.08. The van der Waals surface area contributed by atoms with Gasteiger partial charge in [-0.1, -0.05) is 13.8 Å². The standard InChI is InChI=1S/C9H18F3N3/c1-3-5-15(6-9(10,11)12)7(4-2)8(13)14/h7H,3-6H2,1-2H3,(H3,13,14). The topological polar surface area (TPSA) is 53.1 Å². The summed E-state index contributed by atoms with van der Waals surface area (Å²) < 4.78 is 36.7. The predicted octanol–water partition coefficient (Wildman–Crippen LogP) is 1.98. The second-order valence-corrected chi connectivity index (χ2v) is 3.47. The smallest absolute Gasteiger partial charge is 0.386 e. The van der Waals surface area contributed by atoms with Crippen LogP contribution < -0.4 is 5.73 Å². The lowest BCUT2D eigenvalue weighted by molar-refractivity contribution is -0.148. The van der Waals surface area contributed by atoms with E-state index < -0.39 is 18.8 Å². The van der Waals surface area contributed by atoms with E-state index in [9.17, 15) is 13.2 Å². The molecule has 0 aliphatic carbocycles. The van der Waals surface area contributed by atoms with Crippen molar-refractivity contribution in [3.05, 3.63) is 0 Å². The zero-order valence-corrected chi connectivity index (χ0v) is 9.06. The van der Waals surface area contributed by atoms with Crippen molar-refractivity contribution in [2.75, 3.05) is 13.1 Å². The first kappa shape index (κ1) is 14.2. The van der Waals surface area contributed by atoms with E-state index in [1.165, 1.54) is 4.90 Å². The van der Waals surface area contributed by atoms with E-state index in [1.807, 2.05) is 0 Å². The van der Waals surface area contributed by atoms with E-state index in [-0.39, 0.29) is 5.84 Å². The first-order valence-corrected chi connectivity index (χ1v) is 4.96. The van der Waals surface area contributed by atoms with Crippen LogP contribution in [0.2, 0.25) is 0 Å². The highest BCUT2D eigenvalue weighted by atomic mass is 19.4. The summed E-state index contributed by atoms with van der Waals surface area (Å²) in [7, 11) is 0. The number of hydrogen-bond acceptors (Lipinski definition) is 2. The highest BCUT2D eigenvalue weighted by molar-refractivity contribution is 5.82. The Labute approximate surface area is 87.9 Å². The number of rotatable bonds is 6. The van der Waals surface area contributed by atoms with Crippen LogP contribution in [0.4, 0.5) is 13.2 Å². The summed E-state index contributed by atoms with van der Waals surface area (Å²) >= 11 is 0. The number of amidine groups is 1. The van der Waals surface area contributed by atoms with Crippen LogP contribution in [-0.2, 0) is 0 Å². The first-order chi connectivity index (χ1) is 6.81. The highest BCUT2D eigenvalue weighted by Crippen LogP contribution is 2.19. The molecule has 15 heavy (non-hydrogen) atoms. The van der Waals surface area contributed by atoms with E-state index >= 15 is 0 Å². The van der Waals surface area contributed by atoms with E-state index in [0.717, 1.165) is 0 Å². The van der Waals surface area contributed by atoms with Crippen molar-refractivity contribution in [1.29, 1.82) is 5.41 Å². The predicted molar refractivity (Wildman–Crippen MR) is 53.9 cm³/mol. The quantitative estimate of drug-likeness (QED) is 0.536. The van der Waals surface area contributed by atoms with Crippen LogP contribution in [0.3, 0.4) is 0 Å². The molecule has 3 nitrogen and oxygen atoms in total. The largest absolute Gasteiger partial charge is 0.401 e. The van der Waals surface area contributed by atoms with E-state index in [4.69, 9.17) is 11.1 Å². The molecule has 0 fully saturated rings. The lowest BCUT2D eigenvalue weighted by Gasteiger charge is -2.30. The van der Waals surface area contributed by atoms with Gasteiger partial charge < -0.3 is 5.73 Å². The summed E-state index contributed by atoms with van der Waals surface area (Å²) in [4.78, 5) is 1.21. The molecule has 0 aromatic rings. The Balaban J connectivity index is 4.55. The summed E-state index contributed by atoms with van der Waals surface area (Å²) in [6.07, 6.45) is -3.21. The third-order valence-corrected chi connectivity index (χ3v) is 2.08. The Kier molecular flexibility index (Phi) is 5.64. The molecule has 0 aliphatic heterocycles. The van der Waals surface area contributed by atoms with Gasteiger partial charge in [0.1, 0.15) is 5.84 Å². The van der Waals surface area contributed by atoms with Crippen molar-refractivity contribution in [3.63, 3.8) is 0 Å². The fraction of sp³-hybridized carbons (Fsp3) is 0.889. The molecule has 0 heterocycles. The van der Waals surface area contributed by atoms with E-state index in [1.54, 1.807) is 13.8 Å². The molecule has 0 amide bonds. The Morgan fingerprint density at radius 1 is 1.40 bits per heavy atom. The zero-order chi connectivity index (χ0) is 12.1. The second-order valence-electron chi connectivity index (χ2n) is 3.47. The Hall–Kier alpha value is -0.780. The Morgan fingerprint density at radius 3 is 2.20 bits per heavy atom. The molecule has 1 atom stereocenters. The van der Waals surface area contributed by atoms with Crippen LogP contribution >= 0.6 is 0 Å². The molecular formula is C9H18F3N3. The van der Waals surface area contributed by atoms with Gasteiger partial charge in [-0.2, -0.15) is 13.2 Å². The molecule has 0 spiro atoms. The van der Waals surface area contributed by atoms with Gasteiger partial charge in [0.05, 0.1) is 12.6 Å². The van der Waals surface area contributed by atoms with Gasteiger partial charge in [0.2, 0.25) is 0 Å². The summed E-state index contributed by atoms with van der Waals surface area (Å²) in [5, 5.41) is 7.24. The minimum Gasteiger partial charge on any atom is -0.386 e. The summed E-state index contributed by atoms with van der Waals surface area (Å²) in [6.45, 7) is 2.83. The summed E-state index contributed by atoms with van der Waals surface area (Å²) in [5.41, 5.74) is 5.27. The lowest BCUT2D eigenvalue weighted by atomic mass is 10.1. The maximum absolute atomic E-state index is 12.2. The van der Waals surface area contributed by atoms with Crippen molar-refractivity contribution >= 4 is 5.84 Å². The molecule has 0 rings (SSSR count). The molecule has 0 aliphatic rings. The monoisotopic (exact) mass is 225 g/mol. The SMILES string of the molecule is CCCN(CC(F)(F)F)C(CC)C(=N)N. The molecule has 90 valence electrons. The summed E-state index contributed by atoms with van der Waals surface area (Å²) in [6, 6.07) is -0.605. The zero-order valence-electron chi connectivity index (χ0n) is 9.06. The fourth-order valence-corrected chi connectivity index (χ4v) is 1.54. The van der Waals surface area contributed by atoms with E-state index in [2.05, 4.69) is 0 Å². The van der Waals surface area contributed by atoms with Gasteiger partial charge in [-0.15, -0.1) is 0 Å². The van der Waals surface area contributed by atoms with Crippen molar-refractivity contribution in [2.24, 2.45) is 5.73 Å². The molecule has 0 aromatic carbocycles. The van der Waals surface area contributed by atoms with Gasteiger partial charge >= 0.3 is 6.18 Å². The molecule has 0 saturated carbocycles. The molecule has 6 heteroatoms. The molecule has 0 bridgehead atoms. The average molecular weight is 225 g/mol. The fourth-order valence-electron chi connectivity index (χ4n) is 1.54. The molecule has 0 aromatic heterocycles. The van der Waals surface area contributed by atoms with Gasteiger partial charge in [-0.05, 0) is 19.4 Å². The molecule has 3 N–H and O–H groups in total. The molecule has 0 saturated heterocycles. The average Bonchev–Trinajstić information content (AvgIpc) is 2.01. The van der Waals surface area contributed by atoms with Crippen molar-refractivity contribution in [3.8, 4) is 0 Å². The Morgan fingerprint density at radius 2 is 1.93 bits per heavy atom. The van der Waals surface area contributed by atoms with Gasteiger partial charge in [-0.25, -0.2) is 0 Å². The number of nitrogens with one attached hydrogen (secondary N) is 1. The minimum absolute atomic E-state index is 0.199. The normalized spacial score (nSPS) is 14.3. The lowest BCUT2D eigenvalue weighted by Crippen LogP contribution is -2.48. The molecular weight excluding hydrogens is 207 g/mol. The van der Waals surface area contributed by atoms with Crippen molar-refractivity contribution in [1.82, 2.24) is 4.90 Å². The maximum Gasteiger partial charge on any atom is 0.401 e. The third kappa shape index (κ3) is 5.61. The van der Waals surface area contributed by atoms with Gasteiger partial charge in [0, 0.05) is 0 Å².